The molecule has 1 aromatic carbocycles. The van der Waals surface area contributed by atoms with Gasteiger partial charge in [-0.1, -0.05) is 6.42 Å². The predicted molar refractivity (Wildman–Crippen MR) is 86.4 cm³/mol. The fourth-order valence-electron chi connectivity index (χ4n) is 3.39. The van der Waals surface area contributed by atoms with Crippen molar-refractivity contribution < 1.29 is 4.39 Å². The summed E-state index contributed by atoms with van der Waals surface area (Å²) in [6.45, 7) is 3.89. The maximum absolute atomic E-state index is 13.4. The maximum atomic E-state index is 13.4. The molecule has 2 N–H and O–H groups in total. The van der Waals surface area contributed by atoms with Crippen molar-refractivity contribution in [1.82, 2.24) is 24.8 Å². The summed E-state index contributed by atoms with van der Waals surface area (Å²) in [4.78, 5) is 18.0. The van der Waals surface area contributed by atoms with Crippen LogP contribution in [0.3, 0.4) is 0 Å². The molecule has 1 fully saturated rings. The van der Waals surface area contributed by atoms with Gasteiger partial charge in [0.05, 0.1) is 29.1 Å². The highest BCUT2D eigenvalue weighted by Gasteiger charge is 2.27. The number of aryl methyl sites for hydroxylation is 1. The normalized spacial score (nSPS) is 19.5. The molecule has 1 aliphatic rings. The second-order valence-corrected chi connectivity index (χ2v) is 6.24. The highest BCUT2D eigenvalue weighted by molar-refractivity contribution is 5.75. The molecule has 0 saturated carbocycles. The first-order valence-corrected chi connectivity index (χ1v) is 8.09. The van der Waals surface area contributed by atoms with Gasteiger partial charge in [-0.05, 0) is 44.5 Å². The smallest absolute Gasteiger partial charge is 0.125 e. The first kappa shape index (κ1) is 14.4. The molecule has 0 spiro atoms. The van der Waals surface area contributed by atoms with Crippen LogP contribution in [0.25, 0.3) is 11.0 Å². The molecule has 1 atom stereocenters. The average molecular weight is 313 g/mol. The van der Waals surface area contributed by atoms with Crippen molar-refractivity contribution in [3.63, 3.8) is 0 Å². The number of piperidine rings is 1. The van der Waals surface area contributed by atoms with Crippen LogP contribution in [0.1, 0.15) is 42.5 Å². The summed E-state index contributed by atoms with van der Waals surface area (Å²) in [6, 6.07) is 4.93. The summed E-state index contributed by atoms with van der Waals surface area (Å²) < 4.78 is 13.4. The Hall–Kier alpha value is -2.21. The number of imidazole rings is 2. The SMILES string of the molecule is Cc1[nH]cnc1CN1CCCC[C@@H]1c1nc2ccc(F)cc2[nH]1. The predicted octanol–water partition coefficient (Wildman–Crippen LogP) is 3.46. The van der Waals surface area contributed by atoms with E-state index in [2.05, 4.69) is 24.8 Å². The van der Waals surface area contributed by atoms with E-state index in [4.69, 9.17) is 0 Å². The summed E-state index contributed by atoms with van der Waals surface area (Å²) in [5.74, 6) is 0.693. The standard InChI is InChI=1S/C17H20FN5/c1-11-15(20-10-19-11)9-23-7-3-2-4-16(23)17-21-13-6-5-12(18)8-14(13)22-17/h5-6,8,10,16H,2-4,7,9H2,1H3,(H,19,20)(H,21,22)/t16-/m1/s1. The van der Waals surface area contributed by atoms with Crippen molar-refractivity contribution in [2.75, 3.05) is 6.54 Å². The zero-order chi connectivity index (χ0) is 15.8. The van der Waals surface area contributed by atoms with Gasteiger partial charge < -0.3 is 9.97 Å². The zero-order valence-electron chi connectivity index (χ0n) is 13.1. The van der Waals surface area contributed by atoms with Gasteiger partial charge >= 0.3 is 0 Å². The molecule has 0 amide bonds. The summed E-state index contributed by atoms with van der Waals surface area (Å²) >= 11 is 0. The van der Waals surface area contributed by atoms with Gasteiger partial charge in [0, 0.05) is 12.2 Å². The van der Waals surface area contributed by atoms with Crippen LogP contribution in [0, 0.1) is 12.7 Å². The number of rotatable bonds is 3. The second kappa shape index (κ2) is 5.77. The Balaban J connectivity index is 1.64. The molecular weight excluding hydrogens is 293 g/mol. The molecule has 1 saturated heterocycles. The largest absolute Gasteiger partial charge is 0.348 e. The topological polar surface area (TPSA) is 60.6 Å². The minimum Gasteiger partial charge on any atom is -0.348 e. The summed E-state index contributed by atoms with van der Waals surface area (Å²) in [5, 5.41) is 0. The third kappa shape index (κ3) is 2.74. The molecular formula is C17H20FN5. The summed E-state index contributed by atoms with van der Waals surface area (Å²) in [6.07, 6.45) is 5.18. The number of aromatic amines is 2. The van der Waals surface area contributed by atoms with E-state index < -0.39 is 0 Å². The first-order chi connectivity index (χ1) is 11.2. The molecule has 0 aliphatic carbocycles. The van der Waals surface area contributed by atoms with Crippen LogP contribution in [-0.2, 0) is 6.54 Å². The van der Waals surface area contributed by atoms with Crippen molar-refractivity contribution in [2.24, 2.45) is 0 Å². The highest BCUT2D eigenvalue weighted by atomic mass is 19.1. The number of benzene rings is 1. The Bertz CT molecular complexity index is 821. The minimum absolute atomic E-state index is 0.232. The van der Waals surface area contributed by atoms with Gasteiger partial charge in [0.15, 0.2) is 0 Å². The van der Waals surface area contributed by atoms with Crippen LogP contribution in [0.5, 0.6) is 0 Å². The van der Waals surface area contributed by atoms with Crippen LogP contribution in [0.2, 0.25) is 0 Å². The lowest BCUT2D eigenvalue weighted by atomic mass is 10.0. The number of fused-ring (bicyclic) bond motifs is 1. The van der Waals surface area contributed by atoms with Gasteiger partial charge in [-0.3, -0.25) is 4.90 Å². The molecule has 0 bridgehead atoms. The first-order valence-electron chi connectivity index (χ1n) is 8.09. The number of hydrogen-bond acceptors (Lipinski definition) is 3. The summed E-state index contributed by atoms with van der Waals surface area (Å²) in [5.41, 5.74) is 3.78. The van der Waals surface area contributed by atoms with Crippen molar-refractivity contribution in [3.8, 4) is 0 Å². The second-order valence-electron chi connectivity index (χ2n) is 6.24. The van der Waals surface area contributed by atoms with E-state index >= 15 is 0 Å². The van der Waals surface area contributed by atoms with Crippen LogP contribution in [0.15, 0.2) is 24.5 Å². The Morgan fingerprint density at radius 2 is 2.26 bits per heavy atom. The number of halogens is 1. The summed E-state index contributed by atoms with van der Waals surface area (Å²) in [7, 11) is 0. The monoisotopic (exact) mass is 313 g/mol. The van der Waals surface area contributed by atoms with Gasteiger partial charge in [-0.15, -0.1) is 0 Å². The Morgan fingerprint density at radius 1 is 1.35 bits per heavy atom. The van der Waals surface area contributed by atoms with E-state index in [0.717, 1.165) is 47.8 Å². The lowest BCUT2D eigenvalue weighted by Gasteiger charge is -2.34. The average Bonchev–Trinajstić information content (AvgIpc) is 3.14. The van der Waals surface area contributed by atoms with Gasteiger partial charge in [-0.25, -0.2) is 14.4 Å². The Kier molecular flexibility index (Phi) is 3.61. The quantitative estimate of drug-likeness (QED) is 0.778. The fraction of sp³-hybridized carbons (Fsp3) is 0.412. The van der Waals surface area contributed by atoms with Crippen LogP contribution < -0.4 is 0 Å². The lowest BCUT2D eigenvalue weighted by Crippen LogP contribution is -2.33. The van der Waals surface area contributed by atoms with Crippen molar-refractivity contribution in [3.05, 3.63) is 47.6 Å². The molecule has 3 heterocycles. The minimum atomic E-state index is -0.236. The van der Waals surface area contributed by atoms with E-state index in [1.54, 1.807) is 12.4 Å². The van der Waals surface area contributed by atoms with Crippen molar-refractivity contribution in [2.45, 2.75) is 38.8 Å². The van der Waals surface area contributed by atoms with Crippen molar-refractivity contribution in [1.29, 1.82) is 0 Å². The maximum Gasteiger partial charge on any atom is 0.125 e. The third-order valence-corrected chi connectivity index (χ3v) is 4.68. The fourth-order valence-corrected chi connectivity index (χ4v) is 3.39. The Morgan fingerprint density at radius 3 is 3.09 bits per heavy atom. The molecule has 0 unspecified atom stereocenters. The van der Waals surface area contributed by atoms with Gasteiger partial charge in [0.25, 0.3) is 0 Å². The molecule has 5 nitrogen and oxygen atoms in total. The molecule has 2 aromatic heterocycles. The third-order valence-electron chi connectivity index (χ3n) is 4.68. The van der Waals surface area contributed by atoms with Gasteiger partial charge in [0.1, 0.15) is 11.6 Å². The van der Waals surface area contributed by atoms with E-state index in [1.165, 1.54) is 25.0 Å². The van der Waals surface area contributed by atoms with E-state index in [-0.39, 0.29) is 11.9 Å². The van der Waals surface area contributed by atoms with Gasteiger partial charge in [-0.2, -0.15) is 0 Å². The van der Waals surface area contributed by atoms with E-state index in [9.17, 15) is 4.39 Å². The lowest BCUT2D eigenvalue weighted by molar-refractivity contribution is 0.133. The highest BCUT2D eigenvalue weighted by Crippen LogP contribution is 2.31. The number of hydrogen-bond donors (Lipinski definition) is 2. The molecule has 0 radical (unpaired) electrons. The molecule has 23 heavy (non-hydrogen) atoms. The molecule has 4 rings (SSSR count). The van der Waals surface area contributed by atoms with E-state index in [1.807, 2.05) is 6.92 Å². The van der Waals surface area contributed by atoms with Crippen molar-refractivity contribution >= 4 is 11.0 Å². The Labute approximate surface area is 134 Å². The van der Waals surface area contributed by atoms with E-state index in [0.29, 0.717) is 0 Å². The van der Waals surface area contributed by atoms with Gasteiger partial charge in [0.2, 0.25) is 0 Å². The van der Waals surface area contributed by atoms with Crippen LogP contribution in [-0.4, -0.2) is 31.4 Å². The number of likely N-dealkylation sites (tertiary alicyclic amines) is 1. The molecule has 120 valence electrons. The number of aromatic nitrogens is 4. The zero-order valence-corrected chi connectivity index (χ0v) is 13.1. The number of nitrogens with zero attached hydrogens (tertiary/aromatic N) is 3. The molecule has 6 heteroatoms. The van der Waals surface area contributed by atoms with Crippen LogP contribution in [0.4, 0.5) is 4.39 Å². The molecule has 1 aliphatic heterocycles. The number of nitrogens with one attached hydrogen (secondary N) is 2. The molecule has 3 aromatic rings. The van der Waals surface area contributed by atoms with Crippen LogP contribution >= 0.6 is 0 Å². The number of H-pyrrole nitrogens is 2.